The van der Waals surface area contributed by atoms with E-state index in [1.807, 2.05) is 0 Å². The quantitative estimate of drug-likeness (QED) is 0.490. The lowest BCUT2D eigenvalue weighted by Crippen LogP contribution is -2.05. The predicted molar refractivity (Wildman–Crippen MR) is 102 cm³/mol. The Morgan fingerprint density at radius 2 is 1.96 bits per heavy atom. The van der Waals surface area contributed by atoms with Crippen LogP contribution in [0.5, 0.6) is 5.88 Å². The zero-order chi connectivity index (χ0) is 19.6. The Morgan fingerprint density at radius 3 is 2.56 bits per heavy atom. The van der Waals surface area contributed by atoms with Crippen LogP contribution in [0.3, 0.4) is 0 Å². The van der Waals surface area contributed by atoms with Crippen LogP contribution in [0.1, 0.15) is 5.56 Å². The number of nitrogens with one attached hydrogen (secondary N) is 2. The van der Waals surface area contributed by atoms with Crippen LogP contribution in [0.25, 0.3) is 11.0 Å². The first kappa shape index (κ1) is 18.5. The first-order chi connectivity index (χ1) is 12.8. The molecule has 0 fully saturated rings. The molecule has 3 aromatic rings. The Morgan fingerprint density at radius 1 is 1.26 bits per heavy atom. The number of aromatic nitrogens is 2. The molecule has 9 nitrogen and oxygen atoms in total. The topological polar surface area (TPSA) is 131 Å². The van der Waals surface area contributed by atoms with E-state index in [0.29, 0.717) is 34.0 Å². The van der Waals surface area contributed by atoms with Gasteiger partial charge in [-0.05, 0) is 23.8 Å². The minimum Gasteiger partial charge on any atom is -0.481 e. The molecule has 27 heavy (non-hydrogen) atoms. The smallest absolute Gasteiger partial charge is 0.311 e. The van der Waals surface area contributed by atoms with E-state index in [2.05, 4.69) is 15.3 Å². The number of rotatable bonds is 6. The molecule has 0 saturated carbocycles. The summed E-state index contributed by atoms with van der Waals surface area (Å²) in [5.74, 6) is 0.365. The highest BCUT2D eigenvalue weighted by molar-refractivity contribution is 7.91. The molecule has 0 aliphatic heterocycles. The Hall–Kier alpha value is -3.27. The fourth-order valence-electron chi connectivity index (χ4n) is 2.54. The molecule has 0 amide bonds. The molecule has 2 heterocycles. The Bertz CT molecular complexity index is 1110. The summed E-state index contributed by atoms with van der Waals surface area (Å²) in [6, 6.07) is 9.99. The van der Waals surface area contributed by atoms with E-state index in [-0.39, 0.29) is 5.69 Å². The van der Waals surface area contributed by atoms with Crippen molar-refractivity contribution in [1.29, 1.82) is 4.78 Å². The fraction of sp³-hybridized carbons (Fsp3) is 0.176. The van der Waals surface area contributed by atoms with Crippen molar-refractivity contribution in [2.24, 2.45) is 0 Å². The van der Waals surface area contributed by atoms with Gasteiger partial charge in [-0.3, -0.25) is 10.1 Å². The maximum atomic E-state index is 11.7. The van der Waals surface area contributed by atoms with E-state index in [4.69, 9.17) is 9.52 Å². The van der Waals surface area contributed by atoms with E-state index in [9.17, 15) is 14.3 Å². The summed E-state index contributed by atoms with van der Waals surface area (Å²) >= 11 is 0. The summed E-state index contributed by atoms with van der Waals surface area (Å²) in [6.07, 6.45) is 2.51. The standard InChI is InChI=1S/C17H17N5O4S/c1-26-15-8-7-13-16(14(22(23)24)10-20-17(13)21-15)19-9-11-3-5-12(6-4-11)27(2,18)25/h3-8,10,18H,9H2,1-2H3,(H,19,20,21). The summed E-state index contributed by atoms with van der Waals surface area (Å²) in [5, 5.41) is 15.0. The molecule has 2 N–H and O–H groups in total. The third-order valence-electron chi connectivity index (χ3n) is 3.93. The van der Waals surface area contributed by atoms with Crippen LogP contribution in [-0.2, 0) is 16.3 Å². The lowest BCUT2D eigenvalue weighted by Gasteiger charge is -2.11. The average molecular weight is 387 g/mol. The molecule has 0 bridgehead atoms. The van der Waals surface area contributed by atoms with E-state index < -0.39 is 14.7 Å². The first-order valence-electron chi connectivity index (χ1n) is 7.84. The number of nitrogens with zero attached hydrogens (tertiary/aromatic N) is 3. The van der Waals surface area contributed by atoms with Gasteiger partial charge in [0.1, 0.15) is 11.9 Å². The number of ether oxygens (including phenoxy) is 1. The molecule has 0 aliphatic rings. The maximum absolute atomic E-state index is 11.7. The van der Waals surface area contributed by atoms with Gasteiger partial charge in [0.25, 0.3) is 0 Å². The van der Waals surface area contributed by atoms with Crippen LogP contribution in [0, 0.1) is 14.9 Å². The largest absolute Gasteiger partial charge is 0.481 e. The summed E-state index contributed by atoms with van der Waals surface area (Å²) in [7, 11) is -1.30. The molecule has 1 unspecified atom stereocenters. The van der Waals surface area contributed by atoms with Crippen molar-refractivity contribution in [1.82, 2.24) is 9.97 Å². The maximum Gasteiger partial charge on any atom is 0.311 e. The van der Waals surface area contributed by atoms with Gasteiger partial charge in [-0.25, -0.2) is 14.0 Å². The van der Waals surface area contributed by atoms with Crippen LogP contribution in [-0.4, -0.2) is 32.5 Å². The Labute approximate surface area is 155 Å². The second-order valence-electron chi connectivity index (χ2n) is 5.84. The van der Waals surface area contributed by atoms with E-state index in [1.54, 1.807) is 36.4 Å². The van der Waals surface area contributed by atoms with Crippen molar-refractivity contribution in [3.63, 3.8) is 0 Å². The number of methoxy groups -OCH3 is 1. The molecule has 3 rings (SSSR count). The molecule has 0 radical (unpaired) electrons. The van der Waals surface area contributed by atoms with Gasteiger partial charge in [0.05, 0.1) is 21.8 Å². The van der Waals surface area contributed by atoms with Crippen LogP contribution < -0.4 is 10.1 Å². The number of nitro groups is 1. The molecule has 1 aromatic carbocycles. The zero-order valence-corrected chi connectivity index (χ0v) is 15.4. The Balaban J connectivity index is 1.95. The Kier molecular flexibility index (Phi) is 4.91. The van der Waals surface area contributed by atoms with Crippen LogP contribution in [0.2, 0.25) is 0 Å². The van der Waals surface area contributed by atoms with E-state index >= 15 is 0 Å². The number of hydrogen-bond donors (Lipinski definition) is 2. The molecule has 0 spiro atoms. The first-order valence-corrected chi connectivity index (χ1v) is 9.81. The summed E-state index contributed by atoms with van der Waals surface area (Å²) < 4.78 is 24.4. The zero-order valence-electron chi connectivity index (χ0n) is 14.6. The summed E-state index contributed by atoms with van der Waals surface area (Å²) in [6.45, 7) is 0.301. The molecule has 0 saturated heterocycles. The van der Waals surface area contributed by atoms with Crippen molar-refractivity contribution < 1.29 is 13.9 Å². The van der Waals surface area contributed by atoms with Crippen molar-refractivity contribution in [2.75, 3.05) is 18.7 Å². The van der Waals surface area contributed by atoms with E-state index in [1.165, 1.54) is 13.4 Å². The minimum atomic E-state index is -2.78. The molecular weight excluding hydrogens is 370 g/mol. The van der Waals surface area contributed by atoms with Gasteiger partial charge in [-0.2, -0.15) is 4.98 Å². The predicted octanol–water partition coefficient (Wildman–Crippen LogP) is 3.19. The van der Waals surface area contributed by atoms with Gasteiger partial charge in [0.15, 0.2) is 5.65 Å². The second kappa shape index (κ2) is 7.16. The van der Waals surface area contributed by atoms with Gasteiger partial charge < -0.3 is 10.1 Å². The third-order valence-corrected chi connectivity index (χ3v) is 5.10. The van der Waals surface area contributed by atoms with Gasteiger partial charge in [-0.15, -0.1) is 0 Å². The molecule has 0 aliphatic carbocycles. The number of fused-ring (bicyclic) bond motifs is 1. The molecule has 1 atom stereocenters. The van der Waals surface area contributed by atoms with Crippen molar-refractivity contribution in [3.05, 3.63) is 58.3 Å². The van der Waals surface area contributed by atoms with Crippen molar-refractivity contribution in [3.8, 4) is 5.88 Å². The monoisotopic (exact) mass is 387 g/mol. The van der Waals surface area contributed by atoms with Gasteiger partial charge in [0, 0.05) is 29.1 Å². The van der Waals surface area contributed by atoms with Crippen LogP contribution in [0.15, 0.2) is 47.5 Å². The average Bonchev–Trinajstić information content (AvgIpc) is 2.64. The molecular formula is C17H17N5O4S. The van der Waals surface area contributed by atoms with E-state index in [0.717, 1.165) is 11.8 Å². The second-order valence-corrected chi connectivity index (χ2v) is 8.00. The fourth-order valence-corrected chi connectivity index (χ4v) is 3.20. The normalized spacial score (nSPS) is 13.1. The van der Waals surface area contributed by atoms with Gasteiger partial charge in [0.2, 0.25) is 5.88 Å². The summed E-state index contributed by atoms with van der Waals surface area (Å²) in [5.41, 5.74) is 1.30. The SMILES string of the molecule is COc1ccc2c(NCc3ccc(S(C)(=N)=O)cc3)c([N+](=O)[O-])cnc2n1. The molecule has 10 heteroatoms. The third kappa shape index (κ3) is 3.95. The number of benzene rings is 1. The highest BCUT2D eigenvalue weighted by Crippen LogP contribution is 2.32. The molecule has 140 valence electrons. The van der Waals surface area contributed by atoms with Gasteiger partial charge >= 0.3 is 5.69 Å². The number of hydrogen-bond acceptors (Lipinski definition) is 8. The summed E-state index contributed by atoms with van der Waals surface area (Å²) in [4.78, 5) is 19.5. The van der Waals surface area contributed by atoms with Crippen molar-refractivity contribution in [2.45, 2.75) is 11.4 Å². The van der Waals surface area contributed by atoms with Crippen LogP contribution in [0.4, 0.5) is 11.4 Å². The lowest BCUT2D eigenvalue weighted by molar-refractivity contribution is -0.384. The highest BCUT2D eigenvalue weighted by Gasteiger charge is 2.19. The lowest BCUT2D eigenvalue weighted by atomic mass is 10.2. The minimum absolute atomic E-state index is 0.158. The number of pyridine rings is 2. The van der Waals surface area contributed by atoms with Gasteiger partial charge in [-0.1, -0.05) is 12.1 Å². The van der Waals surface area contributed by atoms with Crippen molar-refractivity contribution >= 4 is 32.1 Å². The highest BCUT2D eigenvalue weighted by atomic mass is 32.2. The molecule has 2 aromatic heterocycles. The van der Waals surface area contributed by atoms with Crippen LogP contribution >= 0.6 is 0 Å². The number of anilines is 1.